The van der Waals surface area contributed by atoms with Gasteiger partial charge < -0.3 is 14.6 Å². The largest absolute Gasteiger partial charge is 0.496 e. The molecule has 1 saturated heterocycles. The highest BCUT2D eigenvalue weighted by atomic mass is 16.5. The van der Waals surface area contributed by atoms with Crippen molar-refractivity contribution < 1.29 is 9.53 Å². The van der Waals surface area contributed by atoms with Gasteiger partial charge in [-0.2, -0.15) is 0 Å². The molecule has 0 aliphatic carbocycles. The minimum absolute atomic E-state index is 0.0355. The quantitative estimate of drug-likeness (QED) is 0.819. The second kappa shape index (κ2) is 8.60. The van der Waals surface area contributed by atoms with E-state index in [-0.39, 0.29) is 23.9 Å². The molecule has 30 heavy (non-hydrogen) atoms. The van der Waals surface area contributed by atoms with E-state index < -0.39 is 0 Å². The maximum absolute atomic E-state index is 13.1. The van der Waals surface area contributed by atoms with Gasteiger partial charge in [0.05, 0.1) is 30.8 Å². The molecule has 2 aliphatic heterocycles. The van der Waals surface area contributed by atoms with Crippen LogP contribution in [-0.2, 0) is 24.2 Å². The Morgan fingerprint density at radius 2 is 2.10 bits per heavy atom. The van der Waals surface area contributed by atoms with Crippen LogP contribution in [0.1, 0.15) is 55.4 Å². The average molecular weight is 411 g/mol. The Balaban J connectivity index is 1.56. The molecular formula is C23H30N4O3. The molecule has 3 heterocycles. The highest BCUT2D eigenvalue weighted by Gasteiger charge is 2.33. The van der Waals surface area contributed by atoms with E-state index in [0.717, 1.165) is 48.4 Å². The normalized spacial score (nSPS) is 19.2. The van der Waals surface area contributed by atoms with Crippen molar-refractivity contribution in [2.75, 3.05) is 20.2 Å². The van der Waals surface area contributed by atoms with E-state index in [0.29, 0.717) is 25.0 Å². The summed E-state index contributed by atoms with van der Waals surface area (Å²) < 4.78 is 5.39. The maximum Gasteiger partial charge on any atom is 0.255 e. The van der Waals surface area contributed by atoms with Crippen molar-refractivity contribution in [1.29, 1.82) is 0 Å². The first-order valence-electron chi connectivity index (χ1n) is 10.7. The van der Waals surface area contributed by atoms with Crippen molar-refractivity contribution >= 4 is 5.91 Å². The molecule has 0 bridgehead atoms. The zero-order valence-corrected chi connectivity index (χ0v) is 18.0. The van der Waals surface area contributed by atoms with Gasteiger partial charge in [-0.25, -0.2) is 4.98 Å². The van der Waals surface area contributed by atoms with Crippen molar-refractivity contribution in [3.05, 3.63) is 57.3 Å². The molecule has 0 radical (unpaired) electrons. The number of aromatic amines is 1. The Morgan fingerprint density at radius 1 is 1.30 bits per heavy atom. The maximum atomic E-state index is 13.1. The molecule has 0 spiro atoms. The molecule has 4 rings (SSSR count). The number of benzene rings is 1. The molecule has 0 saturated carbocycles. The fourth-order valence-electron chi connectivity index (χ4n) is 4.53. The Bertz CT molecular complexity index is 985. The van der Waals surface area contributed by atoms with Gasteiger partial charge in [0.15, 0.2) is 0 Å². The number of rotatable bonds is 5. The number of ether oxygens (including phenoxy) is 1. The lowest BCUT2D eigenvalue weighted by Gasteiger charge is -2.31. The molecular weight excluding hydrogens is 380 g/mol. The summed E-state index contributed by atoms with van der Waals surface area (Å²) in [5.74, 6) is 1.38. The highest BCUT2D eigenvalue weighted by Crippen LogP contribution is 2.31. The molecule has 1 atom stereocenters. The molecule has 1 N–H and O–H groups in total. The first-order chi connectivity index (χ1) is 14.5. The fraction of sp³-hybridized carbons (Fsp3) is 0.522. The number of methoxy groups -OCH3 is 1. The van der Waals surface area contributed by atoms with Crippen LogP contribution in [0.15, 0.2) is 29.1 Å². The van der Waals surface area contributed by atoms with Gasteiger partial charge in [-0.3, -0.25) is 14.5 Å². The van der Waals surface area contributed by atoms with E-state index in [1.54, 1.807) is 7.11 Å². The zero-order valence-electron chi connectivity index (χ0n) is 18.0. The second-order valence-electron chi connectivity index (χ2n) is 8.42. The Hall–Kier alpha value is -2.67. The lowest BCUT2D eigenvalue weighted by Crippen LogP contribution is -2.40. The lowest BCUT2D eigenvalue weighted by molar-refractivity contribution is -0.131. The Labute approximate surface area is 177 Å². The van der Waals surface area contributed by atoms with Gasteiger partial charge in [0, 0.05) is 37.7 Å². The molecule has 160 valence electrons. The Kier molecular flexibility index (Phi) is 5.90. The van der Waals surface area contributed by atoms with E-state index in [1.807, 2.05) is 29.2 Å². The number of likely N-dealkylation sites (tertiary alicyclic amines) is 1. The van der Waals surface area contributed by atoms with Gasteiger partial charge in [-0.1, -0.05) is 18.2 Å². The summed E-state index contributed by atoms with van der Waals surface area (Å²) in [5, 5.41) is 0. The number of aromatic nitrogens is 2. The summed E-state index contributed by atoms with van der Waals surface area (Å²) >= 11 is 0. The summed E-state index contributed by atoms with van der Waals surface area (Å²) in [5.41, 5.74) is 2.46. The summed E-state index contributed by atoms with van der Waals surface area (Å²) in [6.07, 6.45) is 2.77. The number of carbonyl (C=O) groups excluding carboxylic acids is 1. The summed E-state index contributed by atoms with van der Waals surface area (Å²) in [7, 11) is 1.62. The minimum Gasteiger partial charge on any atom is -0.496 e. The van der Waals surface area contributed by atoms with Crippen molar-refractivity contribution in [3.63, 3.8) is 0 Å². The van der Waals surface area contributed by atoms with Crippen molar-refractivity contribution in [2.45, 2.75) is 58.2 Å². The molecule has 1 amide bonds. The average Bonchev–Trinajstić information content (AvgIpc) is 3.24. The van der Waals surface area contributed by atoms with Crippen molar-refractivity contribution in [1.82, 2.24) is 19.8 Å². The first-order valence-corrected chi connectivity index (χ1v) is 10.7. The van der Waals surface area contributed by atoms with Crippen LogP contribution in [0.4, 0.5) is 0 Å². The number of carbonyl (C=O) groups is 1. The van der Waals surface area contributed by atoms with Gasteiger partial charge in [0.1, 0.15) is 11.6 Å². The molecule has 2 aliphatic rings. The molecule has 1 aromatic carbocycles. The third-order valence-electron chi connectivity index (χ3n) is 6.27. The predicted molar refractivity (Wildman–Crippen MR) is 114 cm³/mol. The van der Waals surface area contributed by atoms with E-state index >= 15 is 0 Å². The summed E-state index contributed by atoms with van der Waals surface area (Å²) in [6, 6.07) is 7.82. The van der Waals surface area contributed by atoms with E-state index in [9.17, 15) is 9.59 Å². The molecule has 7 heteroatoms. The van der Waals surface area contributed by atoms with Crippen LogP contribution in [0.25, 0.3) is 0 Å². The first kappa shape index (κ1) is 20.6. The SMILES string of the molecule is COc1ccccc1CC(=O)N1CCCC1c1nc2c(c(=O)[nH]1)CN(C(C)C)CC2. The van der Waals surface area contributed by atoms with Crippen molar-refractivity contribution in [2.24, 2.45) is 0 Å². The van der Waals surface area contributed by atoms with Crippen LogP contribution in [0.3, 0.4) is 0 Å². The fourth-order valence-corrected chi connectivity index (χ4v) is 4.53. The number of hydrogen-bond donors (Lipinski definition) is 1. The third-order valence-corrected chi connectivity index (χ3v) is 6.27. The minimum atomic E-state index is -0.173. The second-order valence-corrected chi connectivity index (χ2v) is 8.42. The van der Waals surface area contributed by atoms with Crippen LogP contribution in [0, 0.1) is 0 Å². The molecule has 1 aromatic heterocycles. The van der Waals surface area contributed by atoms with Crippen LogP contribution in [-0.4, -0.2) is 51.9 Å². The standard InChI is InChI=1S/C23H30N4O3/c1-15(2)26-12-10-18-17(14-26)23(29)25-22(24-18)19-8-6-11-27(19)21(28)13-16-7-4-5-9-20(16)30-3/h4-5,7,9,15,19H,6,8,10-14H2,1-3H3,(H,24,25,29). The summed E-state index contributed by atoms with van der Waals surface area (Å²) in [6.45, 7) is 6.51. The van der Waals surface area contributed by atoms with Crippen LogP contribution in [0.5, 0.6) is 5.75 Å². The smallest absolute Gasteiger partial charge is 0.255 e. The Morgan fingerprint density at radius 3 is 2.87 bits per heavy atom. The number of nitrogens with one attached hydrogen (secondary N) is 1. The zero-order chi connectivity index (χ0) is 21.3. The number of nitrogens with zero attached hydrogens (tertiary/aromatic N) is 3. The molecule has 2 aromatic rings. The van der Waals surface area contributed by atoms with Gasteiger partial charge in [-0.15, -0.1) is 0 Å². The predicted octanol–water partition coefficient (Wildman–Crippen LogP) is 2.45. The molecule has 7 nitrogen and oxygen atoms in total. The summed E-state index contributed by atoms with van der Waals surface area (Å²) in [4.78, 5) is 37.9. The molecule has 1 unspecified atom stereocenters. The van der Waals surface area contributed by atoms with Crippen LogP contribution < -0.4 is 10.3 Å². The van der Waals surface area contributed by atoms with Crippen molar-refractivity contribution in [3.8, 4) is 5.75 Å². The monoisotopic (exact) mass is 410 g/mol. The third kappa shape index (κ3) is 3.99. The van der Waals surface area contributed by atoms with Gasteiger partial charge in [-0.05, 0) is 32.8 Å². The van der Waals surface area contributed by atoms with Crippen LogP contribution in [0.2, 0.25) is 0 Å². The van der Waals surface area contributed by atoms with Gasteiger partial charge in [0.2, 0.25) is 5.91 Å². The van der Waals surface area contributed by atoms with Gasteiger partial charge in [0.25, 0.3) is 5.56 Å². The number of fused-ring (bicyclic) bond motifs is 1. The number of amides is 1. The topological polar surface area (TPSA) is 78.5 Å². The van der Waals surface area contributed by atoms with Gasteiger partial charge >= 0.3 is 0 Å². The number of para-hydroxylation sites is 1. The highest BCUT2D eigenvalue weighted by molar-refractivity contribution is 5.80. The lowest BCUT2D eigenvalue weighted by atomic mass is 10.0. The van der Waals surface area contributed by atoms with Crippen LogP contribution >= 0.6 is 0 Å². The van der Waals surface area contributed by atoms with E-state index in [1.165, 1.54) is 0 Å². The van der Waals surface area contributed by atoms with E-state index in [4.69, 9.17) is 9.72 Å². The van der Waals surface area contributed by atoms with E-state index in [2.05, 4.69) is 23.7 Å². The molecule has 1 fully saturated rings. The number of H-pyrrole nitrogens is 1. The number of hydrogen-bond acceptors (Lipinski definition) is 5.